The van der Waals surface area contributed by atoms with Crippen LogP contribution in [0.15, 0.2) is 18.3 Å². The van der Waals surface area contributed by atoms with Crippen LogP contribution in [0, 0.1) is 24.7 Å². The molecule has 1 aliphatic heterocycles. The monoisotopic (exact) mass is 368 g/mol. The first kappa shape index (κ1) is 18.4. The summed E-state index contributed by atoms with van der Waals surface area (Å²) in [6.07, 6.45) is 5.66. The zero-order valence-electron chi connectivity index (χ0n) is 17.0. The molecule has 1 unspecified atom stereocenters. The molecule has 1 saturated heterocycles. The van der Waals surface area contributed by atoms with E-state index in [1.165, 1.54) is 38.9 Å². The van der Waals surface area contributed by atoms with E-state index >= 15 is 0 Å². The molecule has 27 heavy (non-hydrogen) atoms. The van der Waals surface area contributed by atoms with Gasteiger partial charge in [-0.25, -0.2) is 0 Å². The van der Waals surface area contributed by atoms with Crippen molar-refractivity contribution in [2.24, 2.45) is 24.8 Å². The average molecular weight is 369 g/mol. The van der Waals surface area contributed by atoms with E-state index in [0.717, 1.165) is 40.5 Å². The first-order valence-electron chi connectivity index (χ1n) is 10.3. The van der Waals surface area contributed by atoms with Crippen LogP contribution in [0.4, 0.5) is 5.82 Å². The molecule has 0 radical (unpaired) electrons. The number of nitrogens with one attached hydrogen (secondary N) is 1. The van der Waals surface area contributed by atoms with Crippen LogP contribution in [0.25, 0.3) is 11.4 Å². The Morgan fingerprint density at radius 1 is 1.19 bits per heavy atom. The van der Waals surface area contributed by atoms with Gasteiger partial charge in [0.1, 0.15) is 11.5 Å². The number of aromatic nitrogens is 4. The van der Waals surface area contributed by atoms with Gasteiger partial charge in [-0.15, -0.1) is 10.2 Å². The van der Waals surface area contributed by atoms with Gasteiger partial charge in [-0.2, -0.15) is 5.10 Å². The lowest BCUT2D eigenvalue weighted by molar-refractivity contribution is 0.263. The summed E-state index contributed by atoms with van der Waals surface area (Å²) in [5, 5.41) is 16.8. The largest absolute Gasteiger partial charge is 0.366 e. The first-order chi connectivity index (χ1) is 13.0. The molecule has 0 aromatic carbocycles. The highest BCUT2D eigenvalue weighted by Gasteiger charge is 2.40. The quantitative estimate of drug-likeness (QED) is 0.847. The maximum Gasteiger partial charge on any atom is 0.148 e. The highest BCUT2D eigenvalue weighted by atomic mass is 15.3. The first-order valence-corrected chi connectivity index (χ1v) is 10.3. The highest BCUT2D eigenvalue weighted by molar-refractivity contribution is 5.59. The van der Waals surface area contributed by atoms with Gasteiger partial charge < -0.3 is 10.2 Å². The predicted molar refractivity (Wildman–Crippen MR) is 108 cm³/mol. The third-order valence-electron chi connectivity index (χ3n) is 6.47. The normalized spacial score (nSPS) is 26.3. The third kappa shape index (κ3) is 3.86. The molecule has 1 N–H and O–H groups in total. The molecule has 2 aliphatic rings. The van der Waals surface area contributed by atoms with Crippen molar-refractivity contribution in [1.82, 2.24) is 24.9 Å². The molecule has 6 nitrogen and oxygen atoms in total. The molecule has 146 valence electrons. The second-order valence-electron chi connectivity index (χ2n) is 8.67. The smallest absolute Gasteiger partial charge is 0.148 e. The molecule has 3 heterocycles. The molecule has 2 aromatic rings. The van der Waals surface area contributed by atoms with Crippen LogP contribution in [-0.2, 0) is 7.05 Å². The summed E-state index contributed by atoms with van der Waals surface area (Å²) in [5.41, 5.74) is 3.03. The van der Waals surface area contributed by atoms with Crippen molar-refractivity contribution in [3.8, 4) is 11.4 Å². The third-order valence-corrected chi connectivity index (χ3v) is 6.47. The molecule has 2 aromatic heterocycles. The lowest BCUT2D eigenvalue weighted by Gasteiger charge is -2.22. The SMILES string of the molecule is CCC(C)CN1C[C@H]2C[C@@H](Nc3ccc(-c4c(C)cnn4C)nn3)C[C@H]2C1. The van der Waals surface area contributed by atoms with Gasteiger partial charge in [0.05, 0.1) is 11.9 Å². The second-order valence-corrected chi connectivity index (χ2v) is 8.67. The van der Waals surface area contributed by atoms with Crippen LogP contribution in [0.1, 0.15) is 38.7 Å². The van der Waals surface area contributed by atoms with Gasteiger partial charge in [0.25, 0.3) is 0 Å². The topological polar surface area (TPSA) is 58.9 Å². The van der Waals surface area contributed by atoms with Crippen LogP contribution in [0.2, 0.25) is 0 Å². The van der Waals surface area contributed by atoms with Crippen molar-refractivity contribution < 1.29 is 0 Å². The van der Waals surface area contributed by atoms with Crippen LogP contribution in [0.5, 0.6) is 0 Å². The van der Waals surface area contributed by atoms with E-state index in [0.29, 0.717) is 6.04 Å². The lowest BCUT2D eigenvalue weighted by Crippen LogP contribution is -2.29. The van der Waals surface area contributed by atoms with E-state index in [1.54, 1.807) is 0 Å². The Morgan fingerprint density at radius 2 is 1.93 bits per heavy atom. The predicted octanol–water partition coefficient (Wildman–Crippen LogP) is 3.35. The Kier molecular flexibility index (Phi) is 5.17. The molecular weight excluding hydrogens is 336 g/mol. The summed E-state index contributed by atoms with van der Waals surface area (Å²) in [6, 6.07) is 4.63. The second kappa shape index (κ2) is 7.58. The van der Waals surface area contributed by atoms with Gasteiger partial charge in [-0.05, 0) is 55.2 Å². The van der Waals surface area contributed by atoms with Crippen LogP contribution in [-0.4, -0.2) is 50.6 Å². The molecule has 1 saturated carbocycles. The van der Waals surface area contributed by atoms with Crippen molar-refractivity contribution in [2.45, 2.75) is 46.1 Å². The number of hydrogen-bond donors (Lipinski definition) is 1. The Labute approximate surface area is 162 Å². The number of fused-ring (bicyclic) bond motifs is 1. The highest BCUT2D eigenvalue weighted by Crippen LogP contribution is 2.39. The summed E-state index contributed by atoms with van der Waals surface area (Å²) in [5.74, 6) is 3.39. The molecular formula is C21H32N6. The maximum absolute atomic E-state index is 4.43. The van der Waals surface area contributed by atoms with Gasteiger partial charge in [0, 0.05) is 32.7 Å². The molecule has 4 rings (SSSR count). The minimum atomic E-state index is 0.532. The van der Waals surface area contributed by atoms with Gasteiger partial charge in [-0.1, -0.05) is 20.3 Å². The molecule has 2 fully saturated rings. The Morgan fingerprint density at radius 3 is 2.48 bits per heavy atom. The van der Waals surface area contributed by atoms with Crippen LogP contribution in [0.3, 0.4) is 0 Å². The number of anilines is 1. The lowest BCUT2D eigenvalue weighted by atomic mass is 10.0. The number of likely N-dealkylation sites (tertiary alicyclic amines) is 1. The fourth-order valence-electron chi connectivity index (χ4n) is 4.89. The summed E-state index contributed by atoms with van der Waals surface area (Å²) >= 11 is 0. The average Bonchev–Trinajstić information content (AvgIpc) is 3.29. The Balaban J connectivity index is 1.33. The summed E-state index contributed by atoms with van der Waals surface area (Å²) < 4.78 is 1.86. The van der Waals surface area contributed by atoms with Gasteiger partial charge in [0.15, 0.2) is 0 Å². The molecule has 1 aliphatic carbocycles. The number of hydrogen-bond acceptors (Lipinski definition) is 5. The molecule has 0 spiro atoms. The minimum absolute atomic E-state index is 0.532. The fourth-order valence-corrected chi connectivity index (χ4v) is 4.89. The zero-order valence-corrected chi connectivity index (χ0v) is 17.0. The number of nitrogens with zero attached hydrogens (tertiary/aromatic N) is 5. The van der Waals surface area contributed by atoms with Crippen molar-refractivity contribution in [3.63, 3.8) is 0 Å². The Bertz CT molecular complexity index is 734. The van der Waals surface area contributed by atoms with Crippen molar-refractivity contribution in [3.05, 3.63) is 23.9 Å². The van der Waals surface area contributed by atoms with Crippen molar-refractivity contribution in [1.29, 1.82) is 0 Å². The van der Waals surface area contributed by atoms with E-state index < -0.39 is 0 Å². The van der Waals surface area contributed by atoms with Crippen LogP contribution < -0.4 is 5.32 Å². The maximum atomic E-state index is 4.43. The van der Waals surface area contributed by atoms with Crippen molar-refractivity contribution in [2.75, 3.05) is 25.0 Å². The van der Waals surface area contributed by atoms with Crippen molar-refractivity contribution >= 4 is 5.82 Å². The summed E-state index contributed by atoms with van der Waals surface area (Å²) in [6.45, 7) is 10.5. The summed E-state index contributed by atoms with van der Waals surface area (Å²) in [7, 11) is 1.94. The zero-order chi connectivity index (χ0) is 19.0. The van der Waals surface area contributed by atoms with E-state index in [-0.39, 0.29) is 0 Å². The van der Waals surface area contributed by atoms with Gasteiger partial charge in [0.2, 0.25) is 0 Å². The van der Waals surface area contributed by atoms with E-state index in [2.05, 4.69) is 52.4 Å². The minimum Gasteiger partial charge on any atom is -0.366 e. The van der Waals surface area contributed by atoms with Gasteiger partial charge in [-0.3, -0.25) is 4.68 Å². The van der Waals surface area contributed by atoms with Gasteiger partial charge >= 0.3 is 0 Å². The fraction of sp³-hybridized carbons (Fsp3) is 0.667. The van der Waals surface area contributed by atoms with E-state index in [9.17, 15) is 0 Å². The molecule has 6 heteroatoms. The number of rotatable bonds is 6. The van der Waals surface area contributed by atoms with E-state index in [1.807, 2.05) is 24.0 Å². The molecule has 0 bridgehead atoms. The standard InChI is InChI=1S/C21H32N6/c1-5-14(2)11-27-12-16-8-18(9-17(16)13-27)23-20-7-6-19(24-25-20)21-15(3)10-22-26(21)4/h6-7,10,14,16-18H,5,8-9,11-13H2,1-4H3,(H,23,25)/t14?,16-,17+,18-. The molecule has 0 amide bonds. The Hall–Kier alpha value is -1.95. The molecule has 4 atom stereocenters. The summed E-state index contributed by atoms with van der Waals surface area (Å²) in [4.78, 5) is 2.69. The number of aryl methyl sites for hydroxylation is 2. The van der Waals surface area contributed by atoms with E-state index in [4.69, 9.17) is 0 Å². The van der Waals surface area contributed by atoms with Crippen LogP contribution >= 0.6 is 0 Å².